The molecule has 0 atom stereocenters. The Kier molecular flexibility index (Phi) is 5.26. The van der Waals surface area contributed by atoms with Gasteiger partial charge in [0.05, 0.1) is 6.54 Å². The van der Waals surface area contributed by atoms with Gasteiger partial charge in [0.1, 0.15) is 12.4 Å². The highest BCUT2D eigenvalue weighted by atomic mass is 35.5. The fourth-order valence-electron chi connectivity index (χ4n) is 2.88. The first-order chi connectivity index (χ1) is 11.6. The third-order valence-corrected chi connectivity index (χ3v) is 4.65. The Balaban J connectivity index is 1.43. The summed E-state index contributed by atoms with van der Waals surface area (Å²) in [5.74, 6) is 0.864. The van der Waals surface area contributed by atoms with Crippen molar-refractivity contribution in [2.24, 2.45) is 0 Å². The molecule has 2 aromatic rings. The van der Waals surface area contributed by atoms with E-state index < -0.39 is 0 Å². The van der Waals surface area contributed by atoms with Gasteiger partial charge in [0.25, 0.3) is 0 Å². The van der Waals surface area contributed by atoms with Crippen LogP contribution < -0.4 is 15.4 Å². The van der Waals surface area contributed by atoms with Crippen molar-refractivity contribution in [2.45, 2.75) is 26.2 Å². The Morgan fingerprint density at radius 3 is 2.92 bits per heavy atom. The lowest BCUT2D eigenvalue weighted by atomic mass is 10.1. The standard InChI is InChI=1S/C19H21ClN2O2/c1-13-17(20)6-3-7-18(13)22-19(23)21-10-11-24-16-9-8-14-4-2-5-15(14)12-16/h3,6-9,12H,2,4-5,10-11H2,1H3,(H2,21,22,23). The highest BCUT2D eigenvalue weighted by Crippen LogP contribution is 2.26. The van der Waals surface area contributed by atoms with Crippen LogP contribution in [-0.2, 0) is 12.8 Å². The number of amides is 2. The molecular formula is C19H21ClN2O2. The van der Waals surface area contributed by atoms with E-state index in [9.17, 15) is 4.79 Å². The van der Waals surface area contributed by atoms with E-state index in [2.05, 4.69) is 22.8 Å². The van der Waals surface area contributed by atoms with Gasteiger partial charge in [0.2, 0.25) is 0 Å². The maximum absolute atomic E-state index is 11.9. The van der Waals surface area contributed by atoms with Crippen LogP contribution in [0.3, 0.4) is 0 Å². The van der Waals surface area contributed by atoms with Gasteiger partial charge in [-0.15, -0.1) is 0 Å². The van der Waals surface area contributed by atoms with E-state index >= 15 is 0 Å². The summed E-state index contributed by atoms with van der Waals surface area (Å²) in [4.78, 5) is 11.9. The molecular weight excluding hydrogens is 324 g/mol. The molecule has 3 rings (SSSR count). The second-order valence-electron chi connectivity index (χ2n) is 5.93. The number of aryl methyl sites for hydroxylation is 2. The molecule has 0 bridgehead atoms. The van der Waals surface area contributed by atoms with Gasteiger partial charge in [0, 0.05) is 10.7 Å². The zero-order valence-corrected chi connectivity index (χ0v) is 14.5. The molecule has 0 aromatic heterocycles. The van der Waals surface area contributed by atoms with Crippen molar-refractivity contribution < 1.29 is 9.53 Å². The van der Waals surface area contributed by atoms with E-state index in [4.69, 9.17) is 16.3 Å². The summed E-state index contributed by atoms with van der Waals surface area (Å²) in [6.07, 6.45) is 3.52. The van der Waals surface area contributed by atoms with Crippen molar-refractivity contribution in [3.8, 4) is 5.75 Å². The van der Waals surface area contributed by atoms with Crippen molar-refractivity contribution in [2.75, 3.05) is 18.5 Å². The fourth-order valence-corrected chi connectivity index (χ4v) is 3.06. The first kappa shape index (κ1) is 16.7. The second kappa shape index (κ2) is 7.58. The number of nitrogens with one attached hydrogen (secondary N) is 2. The molecule has 4 nitrogen and oxygen atoms in total. The van der Waals surface area contributed by atoms with Crippen molar-refractivity contribution >= 4 is 23.3 Å². The van der Waals surface area contributed by atoms with Gasteiger partial charge in [-0.1, -0.05) is 23.7 Å². The van der Waals surface area contributed by atoms with Crippen LogP contribution in [0.25, 0.3) is 0 Å². The molecule has 0 heterocycles. The number of hydrogen-bond donors (Lipinski definition) is 2. The van der Waals surface area contributed by atoms with E-state index in [0.717, 1.165) is 17.7 Å². The molecule has 0 aliphatic heterocycles. The third-order valence-electron chi connectivity index (χ3n) is 4.24. The van der Waals surface area contributed by atoms with E-state index in [1.165, 1.54) is 24.0 Å². The first-order valence-corrected chi connectivity index (χ1v) is 8.56. The average molecular weight is 345 g/mol. The number of carbonyl (C=O) groups excluding carboxylic acids is 1. The number of benzene rings is 2. The summed E-state index contributed by atoms with van der Waals surface area (Å²) in [5.41, 5.74) is 4.37. The number of rotatable bonds is 5. The van der Waals surface area contributed by atoms with Crippen LogP contribution >= 0.6 is 11.6 Å². The molecule has 5 heteroatoms. The molecule has 0 saturated carbocycles. The number of fused-ring (bicyclic) bond motifs is 1. The Labute approximate surface area is 147 Å². The number of urea groups is 1. The van der Waals surface area contributed by atoms with Gasteiger partial charge in [-0.25, -0.2) is 4.79 Å². The molecule has 1 aliphatic carbocycles. The van der Waals surface area contributed by atoms with E-state index in [1.807, 2.05) is 25.1 Å². The summed E-state index contributed by atoms with van der Waals surface area (Å²) in [6.45, 7) is 2.73. The number of hydrogen-bond acceptors (Lipinski definition) is 2. The van der Waals surface area contributed by atoms with Crippen LogP contribution in [0.2, 0.25) is 5.02 Å². The number of ether oxygens (including phenoxy) is 1. The topological polar surface area (TPSA) is 50.4 Å². The predicted octanol–water partition coefficient (Wildman–Crippen LogP) is 4.34. The molecule has 0 fully saturated rings. The Morgan fingerprint density at radius 1 is 1.21 bits per heavy atom. The van der Waals surface area contributed by atoms with Crippen molar-refractivity contribution in [1.29, 1.82) is 0 Å². The molecule has 0 spiro atoms. The van der Waals surface area contributed by atoms with Crippen LogP contribution in [0, 0.1) is 6.92 Å². The lowest BCUT2D eigenvalue weighted by Crippen LogP contribution is -2.32. The largest absolute Gasteiger partial charge is 0.492 e. The quantitative estimate of drug-likeness (QED) is 0.793. The minimum Gasteiger partial charge on any atom is -0.492 e. The van der Waals surface area contributed by atoms with Crippen molar-refractivity contribution in [3.05, 3.63) is 58.1 Å². The Hall–Kier alpha value is -2.20. The van der Waals surface area contributed by atoms with Gasteiger partial charge < -0.3 is 15.4 Å². The molecule has 0 unspecified atom stereocenters. The van der Waals surface area contributed by atoms with Crippen LogP contribution in [0.15, 0.2) is 36.4 Å². The van der Waals surface area contributed by atoms with Gasteiger partial charge in [-0.3, -0.25) is 0 Å². The van der Waals surface area contributed by atoms with E-state index in [1.54, 1.807) is 6.07 Å². The zero-order valence-electron chi connectivity index (χ0n) is 13.7. The van der Waals surface area contributed by atoms with Crippen LogP contribution in [0.5, 0.6) is 5.75 Å². The third kappa shape index (κ3) is 4.01. The van der Waals surface area contributed by atoms with Crippen molar-refractivity contribution in [1.82, 2.24) is 5.32 Å². The highest BCUT2D eigenvalue weighted by molar-refractivity contribution is 6.31. The van der Waals surface area contributed by atoms with Gasteiger partial charge in [0.15, 0.2) is 0 Å². The predicted molar refractivity (Wildman–Crippen MR) is 97.2 cm³/mol. The number of carbonyl (C=O) groups is 1. The second-order valence-corrected chi connectivity index (χ2v) is 6.33. The van der Waals surface area contributed by atoms with E-state index in [0.29, 0.717) is 23.9 Å². The van der Waals surface area contributed by atoms with Crippen LogP contribution in [0.1, 0.15) is 23.1 Å². The first-order valence-electron chi connectivity index (χ1n) is 8.18. The molecule has 2 N–H and O–H groups in total. The Bertz CT molecular complexity index is 746. The van der Waals surface area contributed by atoms with Gasteiger partial charge in [-0.2, -0.15) is 0 Å². The van der Waals surface area contributed by atoms with Crippen LogP contribution in [0.4, 0.5) is 10.5 Å². The maximum Gasteiger partial charge on any atom is 0.319 e. The van der Waals surface area contributed by atoms with Crippen molar-refractivity contribution in [3.63, 3.8) is 0 Å². The molecule has 24 heavy (non-hydrogen) atoms. The minimum atomic E-state index is -0.266. The summed E-state index contributed by atoms with van der Waals surface area (Å²) in [6, 6.07) is 11.4. The summed E-state index contributed by atoms with van der Waals surface area (Å²) >= 11 is 6.04. The molecule has 2 aromatic carbocycles. The Morgan fingerprint density at radius 2 is 2.04 bits per heavy atom. The van der Waals surface area contributed by atoms with Crippen LogP contribution in [-0.4, -0.2) is 19.2 Å². The monoisotopic (exact) mass is 344 g/mol. The normalized spacial score (nSPS) is 12.6. The summed E-state index contributed by atoms with van der Waals surface area (Å²) in [5, 5.41) is 6.21. The molecule has 1 aliphatic rings. The van der Waals surface area contributed by atoms with Gasteiger partial charge >= 0.3 is 6.03 Å². The maximum atomic E-state index is 11.9. The average Bonchev–Trinajstić information content (AvgIpc) is 3.03. The molecule has 2 amide bonds. The lowest BCUT2D eigenvalue weighted by molar-refractivity contribution is 0.247. The van der Waals surface area contributed by atoms with E-state index in [-0.39, 0.29) is 6.03 Å². The summed E-state index contributed by atoms with van der Waals surface area (Å²) in [7, 11) is 0. The molecule has 0 saturated heterocycles. The fraction of sp³-hybridized carbons (Fsp3) is 0.316. The highest BCUT2D eigenvalue weighted by Gasteiger charge is 2.11. The molecule has 0 radical (unpaired) electrons. The summed E-state index contributed by atoms with van der Waals surface area (Å²) < 4.78 is 5.71. The lowest BCUT2D eigenvalue weighted by Gasteiger charge is -2.12. The minimum absolute atomic E-state index is 0.266. The SMILES string of the molecule is Cc1c(Cl)cccc1NC(=O)NCCOc1ccc2c(c1)CCC2. The smallest absolute Gasteiger partial charge is 0.319 e. The number of anilines is 1. The molecule has 126 valence electrons. The number of halogens is 1. The zero-order chi connectivity index (χ0) is 16.9. The van der Waals surface area contributed by atoms with Gasteiger partial charge in [-0.05, 0) is 67.1 Å².